The molecular formula is C9H18ClNO. The maximum atomic E-state index is 5.72. The van der Waals surface area contributed by atoms with Crippen molar-refractivity contribution in [3.63, 3.8) is 0 Å². The molecule has 0 aromatic rings. The fraction of sp³-hybridized carbons (Fsp3) is 1.00. The first kappa shape index (κ1) is 10.3. The zero-order chi connectivity index (χ0) is 7.73. The zero-order valence-corrected chi connectivity index (χ0v) is 8.24. The maximum Gasteiger partial charge on any atom is 0.0587 e. The molecule has 0 radical (unpaired) electrons. The highest BCUT2D eigenvalue weighted by Gasteiger charge is 2.45. The predicted octanol–water partition coefficient (Wildman–Crippen LogP) is 1.72. The summed E-state index contributed by atoms with van der Waals surface area (Å²) in [6.45, 7) is 1.79. The number of ether oxygens (including phenoxy) is 1. The van der Waals surface area contributed by atoms with E-state index < -0.39 is 0 Å². The van der Waals surface area contributed by atoms with E-state index in [0.717, 1.165) is 19.6 Å². The highest BCUT2D eigenvalue weighted by Crippen LogP contribution is 2.52. The fourth-order valence-electron chi connectivity index (χ4n) is 1.90. The van der Waals surface area contributed by atoms with Gasteiger partial charge in [-0.2, -0.15) is 0 Å². The van der Waals surface area contributed by atoms with Gasteiger partial charge in [-0.15, -0.1) is 12.4 Å². The van der Waals surface area contributed by atoms with Gasteiger partial charge >= 0.3 is 0 Å². The van der Waals surface area contributed by atoms with E-state index in [4.69, 9.17) is 10.5 Å². The van der Waals surface area contributed by atoms with Crippen LogP contribution in [0.1, 0.15) is 32.1 Å². The second-order valence-corrected chi connectivity index (χ2v) is 4.05. The fourth-order valence-corrected chi connectivity index (χ4v) is 1.90. The van der Waals surface area contributed by atoms with Crippen LogP contribution in [0.15, 0.2) is 0 Å². The van der Waals surface area contributed by atoms with Gasteiger partial charge < -0.3 is 10.5 Å². The van der Waals surface area contributed by atoms with E-state index in [2.05, 4.69) is 0 Å². The van der Waals surface area contributed by atoms with Crippen LogP contribution in [0.2, 0.25) is 0 Å². The lowest BCUT2D eigenvalue weighted by molar-refractivity contribution is -0.0273. The molecule has 1 saturated carbocycles. The standard InChI is InChI=1S/C9H17NO.ClH/c10-6-2-8-1-3-9(4-5-9)7-11-8;/h8H,1-7,10H2;1H. The molecule has 2 aliphatic rings. The minimum atomic E-state index is 0. The highest BCUT2D eigenvalue weighted by atomic mass is 35.5. The van der Waals surface area contributed by atoms with E-state index in [0.29, 0.717) is 11.5 Å². The van der Waals surface area contributed by atoms with Gasteiger partial charge in [-0.3, -0.25) is 0 Å². The molecule has 0 amide bonds. The molecule has 1 heterocycles. The van der Waals surface area contributed by atoms with Crippen molar-refractivity contribution in [1.29, 1.82) is 0 Å². The summed E-state index contributed by atoms with van der Waals surface area (Å²) >= 11 is 0. The maximum absolute atomic E-state index is 5.72. The second kappa shape index (κ2) is 3.95. The molecule has 72 valence electrons. The molecule has 1 aliphatic carbocycles. The summed E-state index contributed by atoms with van der Waals surface area (Å²) in [4.78, 5) is 0. The smallest absolute Gasteiger partial charge is 0.0587 e. The van der Waals surface area contributed by atoms with Crippen LogP contribution in [0.5, 0.6) is 0 Å². The van der Waals surface area contributed by atoms with Gasteiger partial charge in [-0.25, -0.2) is 0 Å². The summed E-state index contributed by atoms with van der Waals surface area (Å²) < 4.78 is 5.72. The lowest BCUT2D eigenvalue weighted by Crippen LogP contribution is -2.28. The molecular weight excluding hydrogens is 174 g/mol. The van der Waals surface area contributed by atoms with Crippen molar-refractivity contribution in [1.82, 2.24) is 0 Å². The summed E-state index contributed by atoms with van der Waals surface area (Å²) in [6.07, 6.45) is 6.97. The topological polar surface area (TPSA) is 35.2 Å². The Morgan fingerprint density at radius 2 is 2.08 bits per heavy atom. The van der Waals surface area contributed by atoms with Gasteiger partial charge in [0.15, 0.2) is 0 Å². The van der Waals surface area contributed by atoms with Crippen LogP contribution in [0, 0.1) is 5.41 Å². The zero-order valence-electron chi connectivity index (χ0n) is 7.42. The minimum Gasteiger partial charge on any atom is -0.378 e. The van der Waals surface area contributed by atoms with Crippen LogP contribution < -0.4 is 5.73 Å². The average molecular weight is 192 g/mol. The van der Waals surface area contributed by atoms with Crippen molar-refractivity contribution in [2.75, 3.05) is 13.2 Å². The average Bonchev–Trinajstić information content (AvgIpc) is 2.76. The molecule has 12 heavy (non-hydrogen) atoms. The van der Waals surface area contributed by atoms with Crippen LogP contribution in [0.3, 0.4) is 0 Å². The van der Waals surface area contributed by atoms with Crippen LogP contribution in [-0.2, 0) is 4.74 Å². The Balaban J connectivity index is 0.000000720. The van der Waals surface area contributed by atoms with E-state index in [9.17, 15) is 0 Å². The van der Waals surface area contributed by atoms with Gasteiger partial charge in [0, 0.05) is 0 Å². The minimum absolute atomic E-state index is 0. The van der Waals surface area contributed by atoms with E-state index in [1.165, 1.54) is 25.7 Å². The monoisotopic (exact) mass is 191 g/mol. The van der Waals surface area contributed by atoms with Crippen molar-refractivity contribution in [2.24, 2.45) is 11.1 Å². The molecule has 1 saturated heterocycles. The Morgan fingerprint density at radius 3 is 2.50 bits per heavy atom. The van der Waals surface area contributed by atoms with Gasteiger partial charge in [-0.05, 0) is 44.1 Å². The second-order valence-electron chi connectivity index (χ2n) is 4.05. The van der Waals surface area contributed by atoms with E-state index >= 15 is 0 Å². The van der Waals surface area contributed by atoms with Gasteiger partial charge in [0.1, 0.15) is 0 Å². The Labute approximate surface area is 80.3 Å². The summed E-state index contributed by atoms with van der Waals surface area (Å²) in [6, 6.07) is 0. The van der Waals surface area contributed by atoms with E-state index in [-0.39, 0.29) is 12.4 Å². The molecule has 1 spiro atoms. The summed E-state index contributed by atoms with van der Waals surface area (Å²) in [7, 11) is 0. The SMILES string of the molecule is Cl.NCCC1CCC2(CC2)CO1. The lowest BCUT2D eigenvalue weighted by atomic mass is 9.95. The first-order valence-electron chi connectivity index (χ1n) is 4.66. The van der Waals surface area contributed by atoms with Crippen LogP contribution in [-0.4, -0.2) is 19.3 Å². The molecule has 2 N–H and O–H groups in total. The summed E-state index contributed by atoms with van der Waals surface area (Å²) in [5, 5.41) is 0. The summed E-state index contributed by atoms with van der Waals surface area (Å²) in [5.41, 5.74) is 6.11. The number of hydrogen-bond donors (Lipinski definition) is 1. The largest absolute Gasteiger partial charge is 0.378 e. The molecule has 1 atom stereocenters. The van der Waals surface area contributed by atoms with Crippen molar-refractivity contribution in [3.05, 3.63) is 0 Å². The van der Waals surface area contributed by atoms with Crippen LogP contribution in [0.25, 0.3) is 0 Å². The number of nitrogens with two attached hydrogens (primary N) is 1. The van der Waals surface area contributed by atoms with Gasteiger partial charge in [0.25, 0.3) is 0 Å². The number of halogens is 1. The molecule has 2 fully saturated rings. The molecule has 2 rings (SSSR count). The first-order chi connectivity index (χ1) is 5.35. The summed E-state index contributed by atoms with van der Waals surface area (Å²) in [5.74, 6) is 0. The first-order valence-corrected chi connectivity index (χ1v) is 4.66. The Bertz CT molecular complexity index is 137. The van der Waals surface area contributed by atoms with Crippen molar-refractivity contribution < 1.29 is 4.74 Å². The molecule has 2 nitrogen and oxygen atoms in total. The van der Waals surface area contributed by atoms with Crippen LogP contribution in [0.4, 0.5) is 0 Å². The Morgan fingerprint density at radius 1 is 1.33 bits per heavy atom. The van der Waals surface area contributed by atoms with E-state index in [1.54, 1.807) is 0 Å². The van der Waals surface area contributed by atoms with Crippen molar-refractivity contribution in [3.8, 4) is 0 Å². The van der Waals surface area contributed by atoms with Gasteiger partial charge in [0.2, 0.25) is 0 Å². The van der Waals surface area contributed by atoms with E-state index in [1.807, 2.05) is 0 Å². The number of rotatable bonds is 2. The Hall–Kier alpha value is 0.210. The molecule has 0 bridgehead atoms. The quantitative estimate of drug-likeness (QED) is 0.722. The third-order valence-electron chi connectivity index (χ3n) is 3.07. The predicted molar refractivity (Wildman–Crippen MR) is 51.6 cm³/mol. The molecule has 1 aliphatic heterocycles. The van der Waals surface area contributed by atoms with Crippen molar-refractivity contribution >= 4 is 12.4 Å². The number of hydrogen-bond acceptors (Lipinski definition) is 2. The third-order valence-corrected chi connectivity index (χ3v) is 3.07. The highest BCUT2D eigenvalue weighted by molar-refractivity contribution is 5.85. The van der Waals surface area contributed by atoms with Crippen molar-refractivity contribution in [2.45, 2.75) is 38.2 Å². The van der Waals surface area contributed by atoms with Crippen LogP contribution >= 0.6 is 12.4 Å². The molecule has 0 aromatic heterocycles. The molecule has 3 heteroatoms. The van der Waals surface area contributed by atoms with Gasteiger partial charge in [-0.1, -0.05) is 0 Å². The lowest BCUT2D eigenvalue weighted by Gasteiger charge is -2.28. The third kappa shape index (κ3) is 2.12. The normalized spacial score (nSPS) is 31.2. The molecule has 0 aromatic carbocycles. The molecule has 1 unspecified atom stereocenters. The van der Waals surface area contributed by atoms with Gasteiger partial charge in [0.05, 0.1) is 12.7 Å². The Kier molecular flexibility index (Phi) is 3.38.